The molecule has 1 aliphatic rings. The Balaban J connectivity index is 1.78. The maximum atomic E-state index is 14.3. The van der Waals surface area contributed by atoms with Crippen molar-refractivity contribution in [3.05, 3.63) is 82.3 Å². The Morgan fingerprint density at radius 2 is 1.60 bits per heavy atom. The van der Waals surface area contributed by atoms with Crippen molar-refractivity contribution in [3.63, 3.8) is 0 Å². The minimum absolute atomic E-state index is 0.0202. The molecule has 1 aliphatic carbocycles. The third-order valence-electron chi connectivity index (χ3n) is 7.52. The average molecular weight is 649 g/mol. The Kier molecular flexibility index (Phi) is 10.8. The predicted octanol–water partition coefficient (Wildman–Crippen LogP) is 5.68. The fourth-order valence-electron chi connectivity index (χ4n) is 5.05. The lowest BCUT2D eigenvalue weighted by Crippen LogP contribution is -2.52. The first-order chi connectivity index (χ1) is 20.6. The van der Waals surface area contributed by atoms with Crippen LogP contribution >= 0.6 is 23.2 Å². The molecule has 9 nitrogen and oxygen atoms in total. The molecular weight excluding hydrogens is 613 g/mol. The van der Waals surface area contributed by atoms with Gasteiger partial charge in [0.1, 0.15) is 24.1 Å². The Morgan fingerprint density at radius 1 is 0.953 bits per heavy atom. The molecule has 4 rings (SSSR count). The van der Waals surface area contributed by atoms with E-state index in [9.17, 15) is 18.0 Å². The van der Waals surface area contributed by atoms with Gasteiger partial charge in [0.2, 0.25) is 11.8 Å². The van der Waals surface area contributed by atoms with Gasteiger partial charge < -0.3 is 19.7 Å². The van der Waals surface area contributed by atoms with E-state index in [4.69, 9.17) is 32.7 Å². The molecule has 2 amide bonds. The number of benzene rings is 3. The summed E-state index contributed by atoms with van der Waals surface area (Å²) < 4.78 is 40.0. The molecule has 0 aliphatic heterocycles. The van der Waals surface area contributed by atoms with Gasteiger partial charge in [-0.25, -0.2) is 8.42 Å². The van der Waals surface area contributed by atoms with E-state index in [-0.39, 0.29) is 34.8 Å². The number of methoxy groups -OCH3 is 2. The summed E-state index contributed by atoms with van der Waals surface area (Å²) in [5.74, 6) is -0.421. The van der Waals surface area contributed by atoms with Gasteiger partial charge in [-0.2, -0.15) is 0 Å². The minimum atomic E-state index is -4.30. The number of nitrogens with one attached hydrogen (secondary N) is 1. The molecule has 43 heavy (non-hydrogen) atoms. The van der Waals surface area contributed by atoms with Crippen LogP contribution in [0.25, 0.3) is 0 Å². The first-order valence-electron chi connectivity index (χ1n) is 13.9. The number of amides is 2. The molecule has 1 fully saturated rings. The molecule has 0 unspecified atom stereocenters. The summed E-state index contributed by atoms with van der Waals surface area (Å²) in [5, 5.41) is 3.67. The summed E-state index contributed by atoms with van der Waals surface area (Å²) in [6.07, 6.45) is 3.76. The number of carbonyl (C=O) groups excluding carboxylic acids is 2. The topological polar surface area (TPSA) is 105 Å². The molecular formula is C31H35Cl2N3O6S. The molecule has 1 saturated carbocycles. The summed E-state index contributed by atoms with van der Waals surface area (Å²) in [4.78, 5) is 29.0. The van der Waals surface area contributed by atoms with Gasteiger partial charge in [0.25, 0.3) is 10.0 Å². The van der Waals surface area contributed by atoms with Crippen LogP contribution in [0.3, 0.4) is 0 Å². The summed E-state index contributed by atoms with van der Waals surface area (Å²) in [6, 6.07) is 16.5. The minimum Gasteiger partial charge on any atom is -0.497 e. The van der Waals surface area contributed by atoms with E-state index < -0.39 is 28.5 Å². The van der Waals surface area contributed by atoms with Gasteiger partial charge in [-0.1, -0.05) is 60.3 Å². The zero-order chi connectivity index (χ0) is 31.1. The first kappa shape index (κ1) is 32.4. The second-order valence-corrected chi connectivity index (χ2v) is 12.9. The van der Waals surface area contributed by atoms with Crippen molar-refractivity contribution >= 4 is 50.7 Å². The van der Waals surface area contributed by atoms with Gasteiger partial charge in [-0.05, 0) is 56.2 Å². The molecule has 1 N–H and O–H groups in total. The summed E-state index contributed by atoms with van der Waals surface area (Å²) in [5.41, 5.74) is 0.536. The highest BCUT2D eigenvalue weighted by Crippen LogP contribution is 2.36. The lowest BCUT2D eigenvalue weighted by Gasteiger charge is -2.33. The van der Waals surface area contributed by atoms with Crippen molar-refractivity contribution in [1.29, 1.82) is 0 Å². The van der Waals surface area contributed by atoms with E-state index in [2.05, 4.69) is 5.32 Å². The van der Waals surface area contributed by atoms with Crippen molar-refractivity contribution in [2.24, 2.45) is 0 Å². The highest BCUT2D eigenvalue weighted by molar-refractivity contribution is 7.92. The van der Waals surface area contributed by atoms with Crippen molar-refractivity contribution in [2.45, 2.75) is 56.1 Å². The number of carbonyl (C=O) groups is 2. The number of hydrogen-bond donors (Lipinski definition) is 1. The number of hydrogen-bond acceptors (Lipinski definition) is 6. The lowest BCUT2D eigenvalue weighted by atomic mass is 10.1. The maximum absolute atomic E-state index is 14.3. The van der Waals surface area contributed by atoms with Crippen LogP contribution in [0.4, 0.5) is 5.69 Å². The highest BCUT2D eigenvalue weighted by atomic mass is 35.5. The Labute approximate surface area is 262 Å². The normalized spacial score (nSPS) is 14.2. The van der Waals surface area contributed by atoms with E-state index in [1.807, 2.05) is 0 Å². The van der Waals surface area contributed by atoms with Crippen molar-refractivity contribution < 1.29 is 27.5 Å². The van der Waals surface area contributed by atoms with Crippen molar-refractivity contribution in [1.82, 2.24) is 10.2 Å². The fraction of sp³-hybridized carbons (Fsp3) is 0.355. The third-order valence-corrected chi connectivity index (χ3v) is 10.0. The van der Waals surface area contributed by atoms with E-state index in [1.165, 1.54) is 37.3 Å². The zero-order valence-electron chi connectivity index (χ0n) is 24.3. The molecule has 0 heterocycles. The fourth-order valence-corrected chi connectivity index (χ4v) is 7.01. The van der Waals surface area contributed by atoms with E-state index >= 15 is 0 Å². The van der Waals surface area contributed by atoms with Crippen LogP contribution in [0.1, 0.15) is 38.2 Å². The Bertz CT molecular complexity index is 1530. The molecule has 1 atom stereocenters. The first-order valence-corrected chi connectivity index (χ1v) is 16.1. The van der Waals surface area contributed by atoms with Gasteiger partial charge in [0.05, 0.1) is 24.8 Å². The van der Waals surface area contributed by atoms with Crippen LogP contribution < -0.4 is 19.1 Å². The van der Waals surface area contributed by atoms with Gasteiger partial charge in [-0.3, -0.25) is 13.9 Å². The molecule has 0 aromatic heterocycles. The zero-order valence-corrected chi connectivity index (χ0v) is 26.6. The van der Waals surface area contributed by atoms with Crippen molar-refractivity contribution in [2.75, 3.05) is 25.1 Å². The standard InChI is InChI=1S/C31H35Cl2N3O6S/c1-21(31(38)34-22-10-7-8-11-22)35(19-25-26(32)14-9-15-27(25)33)30(37)20-36(43(39,40)24-12-5-4-6-13-24)28-18-23(41-2)16-17-29(28)42-3/h4-6,9,12-18,21-22H,7-8,10-11,19-20H2,1-3H3,(H,34,38)/t21-/m1/s1. The summed E-state index contributed by atoms with van der Waals surface area (Å²) in [7, 11) is -1.44. The number of halogens is 2. The van der Waals surface area contributed by atoms with Crippen LogP contribution in [-0.4, -0.2) is 58.0 Å². The average Bonchev–Trinajstić information content (AvgIpc) is 3.52. The molecule has 0 spiro atoms. The molecule has 12 heteroatoms. The third kappa shape index (κ3) is 7.55. The van der Waals surface area contributed by atoms with Crippen LogP contribution in [-0.2, 0) is 26.2 Å². The maximum Gasteiger partial charge on any atom is 0.264 e. The smallest absolute Gasteiger partial charge is 0.264 e. The van der Waals surface area contributed by atoms with Crippen LogP contribution in [0.2, 0.25) is 10.0 Å². The second-order valence-electron chi connectivity index (χ2n) is 10.3. The van der Waals surface area contributed by atoms with Crippen molar-refractivity contribution in [3.8, 4) is 11.5 Å². The van der Waals surface area contributed by atoms with E-state index in [0.29, 0.717) is 21.4 Å². The number of ether oxygens (including phenoxy) is 2. The largest absolute Gasteiger partial charge is 0.497 e. The molecule has 0 saturated heterocycles. The van der Waals surface area contributed by atoms with Gasteiger partial charge in [0.15, 0.2) is 0 Å². The van der Waals surface area contributed by atoms with Gasteiger partial charge in [0, 0.05) is 34.3 Å². The predicted molar refractivity (Wildman–Crippen MR) is 167 cm³/mol. The number of sulfonamides is 1. The van der Waals surface area contributed by atoms with E-state index in [1.54, 1.807) is 55.5 Å². The van der Waals surface area contributed by atoms with Crippen LogP contribution in [0.15, 0.2) is 71.6 Å². The Hall–Kier alpha value is -3.47. The molecule has 0 radical (unpaired) electrons. The molecule has 0 bridgehead atoms. The number of rotatable bonds is 12. The summed E-state index contributed by atoms with van der Waals surface area (Å²) >= 11 is 12.9. The molecule has 230 valence electrons. The SMILES string of the molecule is COc1ccc(OC)c(N(CC(=O)N(Cc2c(Cl)cccc2Cl)[C@H](C)C(=O)NC2CCCC2)S(=O)(=O)c2ccccc2)c1. The lowest BCUT2D eigenvalue weighted by molar-refractivity contribution is -0.139. The monoisotopic (exact) mass is 647 g/mol. The van der Waals surface area contributed by atoms with Crippen LogP contribution in [0.5, 0.6) is 11.5 Å². The second kappa shape index (κ2) is 14.3. The molecule has 3 aromatic rings. The molecule has 3 aromatic carbocycles. The quantitative estimate of drug-likeness (QED) is 0.271. The Morgan fingerprint density at radius 3 is 2.21 bits per heavy atom. The van der Waals surface area contributed by atoms with Crippen LogP contribution in [0, 0.1) is 0 Å². The van der Waals surface area contributed by atoms with Gasteiger partial charge >= 0.3 is 0 Å². The van der Waals surface area contributed by atoms with E-state index in [0.717, 1.165) is 30.0 Å². The van der Waals surface area contributed by atoms with Gasteiger partial charge in [-0.15, -0.1) is 0 Å². The number of nitrogens with zero attached hydrogens (tertiary/aromatic N) is 2. The highest BCUT2D eigenvalue weighted by Gasteiger charge is 2.35. The number of anilines is 1. The summed E-state index contributed by atoms with van der Waals surface area (Å²) in [6.45, 7) is 0.837.